The molecule has 0 aromatic carbocycles. The van der Waals surface area contributed by atoms with E-state index in [1.54, 1.807) is 6.92 Å². The van der Waals surface area contributed by atoms with Crippen molar-refractivity contribution in [3.05, 3.63) is 0 Å². The highest BCUT2D eigenvalue weighted by Gasteiger charge is 2.12. The quantitative estimate of drug-likeness (QED) is 0.464. The first-order valence-electron chi connectivity index (χ1n) is 4.31. The molecule has 78 valence electrons. The summed E-state index contributed by atoms with van der Waals surface area (Å²) >= 11 is -2.48. The van der Waals surface area contributed by atoms with Crippen LogP contribution in [0.25, 0.3) is 0 Å². The lowest BCUT2D eigenvalue weighted by atomic mass is 9.99. The minimum Gasteiger partial charge on any atom is -0.750 e. The monoisotopic (exact) mass is 207 g/mol. The molecule has 0 fully saturated rings. The summed E-state index contributed by atoms with van der Waals surface area (Å²) in [5.41, 5.74) is 0. The fraction of sp³-hybridized carbons (Fsp3) is 0.875. The molecule has 0 amide bonds. The van der Waals surface area contributed by atoms with E-state index in [9.17, 15) is 13.6 Å². The fourth-order valence-corrected chi connectivity index (χ4v) is 1.56. The maximum Gasteiger partial charge on any atom is 0.123 e. The molecule has 0 aliphatic carbocycles. The maximum atomic E-state index is 10.5. The number of aldehydes is 1. The number of carbonyl (C=O) groups excluding carboxylic acids is 1. The highest BCUT2D eigenvalue weighted by molar-refractivity contribution is 7.74. The highest BCUT2D eigenvalue weighted by Crippen LogP contribution is 2.13. The van der Waals surface area contributed by atoms with Gasteiger partial charge in [-0.05, 0) is 19.8 Å². The smallest absolute Gasteiger partial charge is 0.123 e. The molecule has 0 heterocycles. The average Bonchev–Trinajstić information content (AvgIpc) is 2.02. The standard InChI is InChI=1S/C8H16O4S/c1-3-4-8(6-9)5-7(2)12-13(10)11/h6-8H,3-5H2,1-2H3,(H,10,11)/p-1. The summed E-state index contributed by atoms with van der Waals surface area (Å²) in [7, 11) is 0. The van der Waals surface area contributed by atoms with Gasteiger partial charge in [0.1, 0.15) is 6.29 Å². The van der Waals surface area contributed by atoms with Gasteiger partial charge in [-0.3, -0.25) is 4.18 Å². The van der Waals surface area contributed by atoms with Crippen LogP contribution < -0.4 is 0 Å². The van der Waals surface area contributed by atoms with E-state index in [4.69, 9.17) is 0 Å². The molecular formula is C8H15O4S-. The number of hydrogen-bond donors (Lipinski definition) is 0. The van der Waals surface area contributed by atoms with Crippen LogP contribution in [0.2, 0.25) is 0 Å². The van der Waals surface area contributed by atoms with Crippen LogP contribution in [0.5, 0.6) is 0 Å². The van der Waals surface area contributed by atoms with Gasteiger partial charge in [0, 0.05) is 5.92 Å². The average molecular weight is 207 g/mol. The van der Waals surface area contributed by atoms with Crippen molar-refractivity contribution in [2.24, 2.45) is 5.92 Å². The Balaban J connectivity index is 3.78. The Morgan fingerprint density at radius 1 is 1.62 bits per heavy atom. The van der Waals surface area contributed by atoms with Crippen LogP contribution in [0.4, 0.5) is 0 Å². The Kier molecular flexibility index (Phi) is 7.03. The first-order valence-corrected chi connectivity index (χ1v) is 5.31. The minimum atomic E-state index is -2.48. The molecule has 3 unspecified atom stereocenters. The largest absolute Gasteiger partial charge is 0.750 e. The summed E-state index contributed by atoms with van der Waals surface area (Å²) in [5.74, 6) is -0.0939. The summed E-state index contributed by atoms with van der Waals surface area (Å²) in [6.07, 6.45) is 2.60. The second-order valence-corrected chi connectivity index (χ2v) is 3.63. The Morgan fingerprint density at radius 2 is 2.23 bits per heavy atom. The molecule has 3 atom stereocenters. The van der Waals surface area contributed by atoms with E-state index in [0.29, 0.717) is 6.42 Å². The zero-order chi connectivity index (χ0) is 10.3. The Morgan fingerprint density at radius 3 is 2.62 bits per heavy atom. The van der Waals surface area contributed by atoms with Gasteiger partial charge in [-0.2, -0.15) is 0 Å². The van der Waals surface area contributed by atoms with Crippen molar-refractivity contribution < 1.29 is 17.7 Å². The second kappa shape index (κ2) is 7.17. The Hall–Kier alpha value is -0.260. The third kappa shape index (κ3) is 6.86. The van der Waals surface area contributed by atoms with Crippen molar-refractivity contribution in [3.63, 3.8) is 0 Å². The zero-order valence-electron chi connectivity index (χ0n) is 7.89. The molecule has 4 nitrogen and oxygen atoms in total. The first-order chi connectivity index (χ1) is 6.10. The molecule has 0 saturated carbocycles. The van der Waals surface area contributed by atoms with Crippen LogP contribution in [0, 0.1) is 5.92 Å². The van der Waals surface area contributed by atoms with E-state index in [-0.39, 0.29) is 5.92 Å². The minimum absolute atomic E-state index is 0.0939. The van der Waals surface area contributed by atoms with Crippen molar-refractivity contribution in [1.29, 1.82) is 0 Å². The zero-order valence-corrected chi connectivity index (χ0v) is 8.71. The number of hydrogen-bond acceptors (Lipinski definition) is 4. The van der Waals surface area contributed by atoms with E-state index >= 15 is 0 Å². The van der Waals surface area contributed by atoms with Crippen LogP contribution in [0.1, 0.15) is 33.1 Å². The number of carbonyl (C=O) groups is 1. The normalized spacial score (nSPS) is 17.8. The van der Waals surface area contributed by atoms with Gasteiger partial charge in [0.25, 0.3) is 0 Å². The van der Waals surface area contributed by atoms with Gasteiger partial charge >= 0.3 is 0 Å². The molecule has 0 aromatic heterocycles. The predicted molar refractivity (Wildman–Crippen MR) is 48.5 cm³/mol. The Bertz CT molecular complexity index is 172. The lowest BCUT2D eigenvalue weighted by Gasteiger charge is -2.16. The Labute approximate surface area is 81.2 Å². The molecule has 0 aliphatic heterocycles. The maximum absolute atomic E-state index is 10.5. The summed E-state index contributed by atoms with van der Waals surface area (Å²) in [6, 6.07) is 0. The summed E-state index contributed by atoms with van der Waals surface area (Å²) < 4.78 is 24.7. The topological polar surface area (TPSA) is 66.4 Å². The summed E-state index contributed by atoms with van der Waals surface area (Å²) in [5, 5.41) is 0. The van der Waals surface area contributed by atoms with Crippen LogP contribution >= 0.6 is 0 Å². The van der Waals surface area contributed by atoms with Crippen LogP contribution in [0.3, 0.4) is 0 Å². The molecule has 0 N–H and O–H groups in total. The van der Waals surface area contributed by atoms with Crippen molar-refractivity contribution in [2.75, 3.05) is 0 Å². The molecule has 0 bridgehead atoms. The van der Waals surface area contributed by atoms with Crippen molar-refractivity contribution in [2.45, 2.75) is 39.2 Å². The van der Waals surface area contributed by atoms with Crippen LogP contribution in [0.15, 0.2) is 0 Å². The van der Waals surface area contributed by atoms with E-state index in [1.165, 1.54) is 0 Å². The molecule has 0 aliphatic rings. The molecular weight excluding hydrogens is 192 g/mol. The molecule has 0 saturated heterocycles. The van der Waals surface area contributed by atoms with E-state index in [0.717, 1.165) is 19.1 Å². The van der Waals surface area contributed by atoms with Crippen LogP contribution in [-0.2, 0) is 20.3 Å². The SMILES string of the molecule is CCCC(C=O)CC(C)OS(=O)[O-]. The molecule has 13 heavy (non-hydrogen) atoms. The van der Waals surface area contributed by atoms with Gasteiger partial charge in [0.2, 0.25) is 0 Å². The molecule has 5 heteroatoms. The van der Waals surface area contributed by atoms with Crippen molar-refractivity contribution >= 4 is 17.6 Å². The van der Waals surface area contributed by atoms with Gasteiger partial charge in [0.05, 0.1) is 17.5 Å². The van der Waals surface area contributed by atoms with Gasteiger partial charge in [0.15, 0.2) is 0 Å². The highest BCUT2D eigenvalue weighted by atomic mass is 32.2. The third-order valence-electron chi connectivity index (χ3n) is 1.73. The molecule has 0 radical (unpaired) electrons. The van der Waals surface area contributed by atoms with Gasteiger partial charge in [-0.15, -0.1) is 0 Å². The molecule has 0 rings (SSSR count). The van der Waals surface area contributed by atoms with E-state index in [1.807, 2.05) is 6.92 Å². The van der Waals surface area contributed by atoms with Gasteiger partial charge in [-0.1, -0.05) is 13.3 Å². The predicted octanol–water partition coefficient (Wildman–Crippen LogP) is 1.19. The van der Waals surface area contributed by atoms with E-state index < -0.39 is 17.5 Å². The molecule has 0 aromatic rings. The summed E-state index contributed by atoms with van der Waals surface area (Å²) in [6.45, 7) is 3.62. The first kappa shape index (κ1) is 12.7. The lowest BCUT2D eigenvalue weighted by Crippen LogP contribution is -2.16. The fourth-order valence-electron chi connectivity index (χ4n) is 1.21. The summed E-state index contributed by atoms with van der Waals surface area (Å²) in [4.78, 5) is 10.5. The van der Waals surface area contributed by atoms with Crippen molar-refractivity contribution in [1.82, 2.24) is 0 Å². The van der Waals surface area contributed by atoms with Gasteiger partial charge in [-0.25, -0.2) is 4.21 Å². The molecule has 0 spiro atoms. The third-order valence-corrected chi connectivity index (χ3v) is 2.22. The van der Waals surface area contributed by atoms with E-state index in [2.05, 4.69) is 4.18 Å². The number of rotatable bonds is 7. The van der Waals surface area contributed by atoms with Crippen molar-refractivity contribution in [3.8, 4) is 0 Å². The second-order valence-electron chi connectivity index (χ2n) is 3.03. The van der Waals surface area contributed by atoms with Crippen LogP contribution in [-0.4, -0.2) is 21.2 Å². The van der Waals surface area contributed by atoms with Gasteiger partial charge < -0.3 is 9.35 Å². The lowest BCUT2D eigenvalue weighted by molar-refractivity contribution is -0.112.